The maximum Gasteiger partial charge on any atom is 0.255 e. The van der Waals surface area contributed by atoms with Crippen LogP contribution in [0.25, 0.3) is 0 Å². The van der Waals surface area contributed by atoms with Gasteiger partial charge in [-0.3, -0.25) is 9.78 Å². The molecule has 5 heteroatoms. The van der Waals surface area contributed by atoms with Crippen molar-refractivity contribution in [3.05, 3.63) is 58.9 Å². The summed E-state index contributed by atoms with van der Waals surface area (Å²) >= 11 is 5.89. The SMILES string of the molecule is COc1ccc(Cl)cc1C(=O)NCc1cccnc1. The number of nitrogens with one attached hydrogen (secondary N) is 1. The number of methoxy groups -OCH3 is 1. The van der Waals surface area contributed by atoms with Gasteiger partial charge in [0, 0.05) is 24.0 Å². The average molecular weight is 277 g/mol. The van der Waals surface area contributed by atoms with E-state index in [0.717, 1.165) is 5.56 Å². The van der Waals surface area contributed by atoms with Gasteiger partial charge in [0.05, 0.1) is 12.7 Å². The molecule has 98 valence electrons. The van der Waals surface area contributed by atoms with Gasteiger partial charge in [-0.1, -0.05) is 17.7 Å². The monoisotopic (exact) mass is 276 g/mol. The molecule has 0 fully saturated rings. The molecule has 19 heavy (non-hydrogen) atoms. The second kappa shape index (κ2) is 6.20. The van der Waals surface area contributed by atoms with Gasteiger partial charge >= 0.3 is 0 Å². The number of aromatic nitrogens is 1. The van der Waals surface area contributed by atoms with E-state index in [1.807, 2.05) is 12.1 Å². The van der Waals surface area contributed by atoms with Crippen LogP contribution < -0.4 is 10.1 Å². The maximum absolute atomic E-state index is 12.1. The summed E-state index contributed by atoms with van der Waals surface area (Å²) in [7, 11) is 1.52. The fourth-order valence-electron chi connectivity index (χ4n) is 1.64. The van der Waals surface area contributed by atoms with E-state index in [0.29, 0.717) is 22.9 Å². The molecule has 0 unspecified atom stereocenters. The number of pyridine rings is 1. The summed E-state index contributed by atoms with van der Waals surface area (Å²) in [5.74, 6) is 0.260. The Balaban J connectivity index is 2.10. The van der Waals surface area contributed by atoms with E-state index >= 15 is 0 Å². The van der Waals surface area contributed by atoms with Gasteiger partial charge in [-0.05, 0) is 29.8 Å². The van der Waals surface area contributed by atoms with Crippen LogP contribution in [0.2, 0.25) is 5.02 Å². The Morgan fingerprint density at radius 2 is 2.26 bits per heavy atom. The van der Waals surface area contributed by atoms with Gasteiger partial charge < -0.3 is 10.1 Å². The van der Waals surface area contributed by atoms with Crippen LogP contribution in [-0.4, -0.2) is 18.0 Å². The normalized spacial score (nSPS) is 10.0. The zero-order valence-electron chi connectivity index (χ0n) is 10.4. The summed E-state index contributed by atoms with van der Waals surface area (Å²) in [4.78, 5) is 16.1. The van der Waals surface area contributed by atoms with Crippen molar-refractivity contribution in [2.75, 3.05) is 7.11 Å². The molecule has 1 aromatic carbocycles. The molecule has 4 nitrogen and oxygen atoms in total. The lowest BCUT2D eigenvalue weighted by atomic mass is 10.2. The number of benzene rings is 1. The van der Waals surface area contributed by atoms with E-state index in [1.54, 1.807) is 30.6 Å². The van der Waals surface area contributed by atoms with Crippen molar-refractivity contribution >= 4 is 17.5 Å². The van der Waals surface area contributed by atoms with E-state index < -0.39 is 0 Å². The van der Waals surface area contributed by atoms with Crippen LogP contribution in [0.5, 0.6) is 5.75 Å². The molecule has 2 rings (SSSR count). The first-order chi connectivity index (χ1) is 9.20. The van der Waals surface area contributed by atoms with Gasteiger partial charge in [-0.2, -0.15) is 0 Å². The number of hydrogen-bond acceptors (Lipinski definition) is 3. The number of nitrogens with zero attached hydrogens (tertiary/aromatic N) is 1. The molecule has 1 aromatic heterocycles. The lowest BCUT2D eigenvalue weighted by Gasteiger charge is -2.09. The second-order valence-electron chi connectivity index (χ2n) is 3.89. The average Bonchev–Trinajstić information content (AvgIpc) is 2.46. The van der Waals surface area contributed by atoms with Crippen LogP contribution in [0.3, 0.4) is 0 Å². The van der Waals surface area contributed by atoms with Crippen LogP contribution in [0.4, 0.5) is 0 Å². The molecule has 0 saturated heterocycles. The number of carbonyl (C=O) groups excluding carboxylic acids is 1. The Morgan fingerprint density at radius 1 is 1.42 bits per heavy atom. The van der Waals surface area contributed by atoms with Crippen LogP contribution in [0.15, 0.2) is 42.7 Å². The molecule has 1 heterocycles. The molecule has 1 amide bonds. The molecule has 0 aliphatic carbocycles. The van der Waals surface area contributed by atoms with E-state index in [9.17, 15) is 4.79 Å². The molecule has 0 atom stereocenters. The summed E-state index contributed by atoms with van der Waals surface area (Å²) in [6.07, 6.45) is 3.39. The highest BCUT2D eigenvalue weighted by atomic mass is 35.5. The molecule has 0 radical (unpaired) electrons. The minimum absolute atomic E-state index is 0.233. The second-order valence-corrected chi connectivity index (χ2v) is 4.32. The third-order valence-electron chi connectivity index (χ3n) is 2.58. The maximum atomic E-state index is 12.1. The van der Waals surface area contributed by atoms with Gasteiger partial charge in [-0.25, -0.2) is 0 Å². The largest absolute Gasteiger partial charge is 0.496 e. The van der Waals surface area contributed by atoms with Crippen molar-refractivity contribution < 1.29 is 9.53 Å². The zero-order valence-corrected chi connectivity index (χ0v) is 11.1. The van der Waals surface area contributed by atoms with E-state index in [-0.39, 0.29) is 5.91 Å². The number of hydrogen-bond donors (Lipinski definition) is 1. The van der Waals surface area contributed by atoms with Gasteiger partial charge in [0.25, 0.3) is 5.91 Å². The highest BCUT2D eigenvalue weighted by Crippen LogP contribution is 2.22. The van der Waals surface area contributed by atoms with E-state index in [2.05, 4.69) is 10.3 Å². The summed E-state index contributed by atoms with van der Waals surface area (Å²) in [6.45, 7) is 0.405. The Bertz CT molecular complexity index is 573. The standard InChI is InChI=1S/C14H13ClN2O2/c1-19-13-5-4-11(15)7-12(13)14(18)17-9-10-3-2-6-16-8-10/h2-8H,9H2,1H3,(H,17,18). The van der Waals surface area contributed by atoms with Crippen LogP contribution in [0.1, 0.15) is 15.9 Å². The number of ether oxygens (including phenoxy) is 1. The Kier molecular flexibility index (Phi) is 4.36. The molecule has 0 spiro atoms. The first-order valence-corrected chi connectivity index (χ1v) is 6.09. The van der Waals surface area contributed by atoms with Gasteiger partial charge in [0.1, 0.15) is 5.75 Å². The zero-order chi connectivity index (χ0) is 13.7. The van der Waals surface area contributed by atoms with Crippen LogP contribution >= 0.6 is 11.6 Å². The van der Waals surface area contributed by atoms with Crippen molar-refractivity contribution in [2.24, 2.45) is 0 Å². The fourth-order valence-corrected chi connectivity index (χ4v) is 1.81. The first kappa shape index (κ1) is 13.4. The molecule has 0 aliphatic rings. The lowest BCUT2D eigenvalue weighted by molar-refractivity contribution is 0.0948. The molecule has 1 N–H and O–H groups in total. The first-order valence-electron chi connectivity index (χ1n) is 5.71. The van der Waals surface area contributed by atoms with Crippen LogP contribution in [-0.2, 0) is 6.54 Å². The molecule has 0 saturated carbocycles. The van der Waals surface area contributed by atoms with Gasteiger partial charge in [0.2, 0.25) is 0 Å². The number of rotatable bonds is 4. The van der Waals surface area contributed by atoms with Crippen molar-refractivity contribution in [1.82, 2.24) is 10.3 Å². The summed E-state index contributed by atoms with van der Waals surface area (Å²) in [5, 5.41) is 3.29. The molecular weight excluding hydrogens is 264 g/mol. The van der Waals surface area contributed by atoms with Gasteiger partial charge in [-0.15, -0.1) is 0 Å². The topological polar surface area (TPSA) is 51.2 Å². The predicted molar refractivity (Wildman–Crippen MR) is 73.4 cm³/mol. The molecular formula is C14H13ClN2O2. The van der Waals surface area contributed by atoms with Crippen molar-refractivity contribution in [3.8, 4) is 5.75 Å². The third kappa shape index (κ3) is 3.45. The van der Waals surface area contributed by atoms with E-state index in [4.69, 9.17) is 16.3 Å². The Labute approximate surface area is 116 Å². The van der Waals surface area contributed by atoms with Crippen LogP contribution in [0, 0.1) is 0 Å². The number of amides is 1. The van der Waals surface area contributed by atoms with E-state index in [1.165, 1.54) is 7.11 Å². The highest BCUT2D eigenvalue weighted by Gasteiger charge is 2.12. The Morgan fingerprint density at radius 3 is 2.95 bits per heavy atom. The lowest BCUT2D eigenvalue weighted by Crippen LogP contribution is -2.23. The molecule has 0 aliphatic heterocycles. The van der Waals surface area contributed by atoms with Gasteiger partial charge in [0.15, 0.2) is 0 Å². The number of halogens is 1. The summed E-state index contributed by atoms with van der Waals surface area (Å²) < 4.78 is 5.14. The quantitative estimate of drug-likeness (QED) is 0.934. The third-order valence-corrected chi connectivity index (χ3v) is 2.82. The van der Waals surface area contributed by atoms with Crippen molar-refractivity contribution in [1.29, 1.82) is 0 Å². The predicted octanol–water partition coefficient (Wildman–Crippen LogP) is 2.67. The smallest absolute Gasteiger partial charge is 0.255 e. The Hall–Kier alpha value is -2.07. The molecule has 2 aromatic rings. The summed E-state index contributed by atoms with van der Waals surface area (Å²) in [6, 6.07) is 8.64. The summed E-state index contributed by atoms with van der Waals surface area (Å²) in [5.41, 5.74) is 1.34. The molecule has 0 bridgehead atoms. The van der Waals surface area contributed by atoms with Crippen molar-refractivity contribution in [2.45, 2.75) is 6.54 Å². The minimum Gasteiger partial charge on any atom is -0.496 e. The van der Waals surface area contributed by atoms with Crippen molar-refractivity contribution in [3.63, 3.8) is 0 Å². The fraction of sp³-hybridized carbons (Fsp3) is 0.143. The number of carbonyl (C=O) groups is 1. The highest BCUT2D eigenvalue weighted by molar-refractivity contribution is 6.31. The minimum atomic E-state index is -0.233.